The van der Waals surface area contributed by atoms with E-state index in [1.54, 1.807) is 21.3 Å². The zero-order valence-corrected chi connectivity index (χ0v) is 20.0. The molecular weight excluding hydrogens is 481 g/mol. The molecule has 0 radical (unpaired) electrons. The van der Waals surface area contributed by atoms with E-state index in [0.717, 1.165) is 37.5 Å². The summed E-state index contributed by atoms with van der Waals surface area (Å²) in [7, 11) is 4.87. The van der Waals surface area contributed by atoms with Crippen LogP contribution in [0.25, 0.3) is 0 Å². The molecule has 0 saturated carbocycles. The number of benzene rings is 2. The molecule has 2 aromatic carbocycles. The van der Waals surface area contributed by atoms with E-state index >= 15 is 0 Å². The third kappa shape index (κ3) is 7.64. The van der Waals surface area contributed by atoms with Crippen LogP contribution in [0, 0.1) is 0 Å². The lowest BCUT2D eigenvalue weighted by Gasteiger charge is -2.15. The molecule has 0 aliphatic rings. The summed E-state index contributed by atoms with van der Waals surface area (Å²) in [4.78, 5) is 4.68. The van der Waals surface area contributed by atoms with Gasteiger partial charge in [0.2, 0.25) is 5.75 Å². The second kappa shape index (κ2) is 13.9. The van der Waals surface area contributed by atoms with Crippen molar-refractivity contribution >= 4 is 29.9 Å². The maximum atomic E-state index is 5.54. The quantitative estimate of drug-likeness (QED) is 0.289. The minimum absolute atomic E-state index is 0. The first-order chi connectivity index (χ1) is 13.7. The third-order valence-corrected chi connectivity index (χ3v) is 4.33. The fraction of sp³-hybridized carbons (Fsp3) is 0.409. The number of nitrogens with zero attached hydrogens (tertiary/aromatic N) is 1. The van der Waals surface area contributed by atoms with Crippen molar-refractivity contribution in [3.8, 4) is 17.2 Å². The maximum Gasteiger partial charge on any atom is 0.203 e. The Morgan fingerprint density at radius 1 is 0.862 bits per heavy atom. The molecule has 6 nitrogen and oxygen atoms in total. The summed E-state index contributed by atoms with van der Waals surface area (Å²) in [5.41, 5.74) is 2.34. The van der Waals surface area contributed by atoms with Crippen molar-refractivity contribution in [1.29, 1.82) is 0 Å². The number of hydrogen-bond acceptors (Lipinski definition) is 4. The van der Waals surface area contributed by atoms with Crippen LogP contribution < -0.4 is 24.8 Å². The van der Waals surface area contributed by atoms with Crippen LogP contribution >= 0.6 is 24.0 Å². The monoisotopic (exact) mass is 513 g/mol. The van der Waals surface area contributed by atoms with Crippen LogP contribution in [-0.4, -0.2) is 46.9 Å². The Labute approximate surface area is 191 Å². The van der Waals surface area contributed by atoms with Crippen molar-refractivity contribution in [1.82, 2.24) is 10.6 Å². The SMILES string of the molecule is CCNC(=NCCc1ccc(OC)c(OC)c1OC)NCCc1ccccc1.I. The Hall–Kier alpha value is -2.16. The molecule has 0 bridgehead atoms. The van der Waals surface area contributed by atoms with Gasteiger partial charge in [0.1, 0.15) is 0 Å². The Bertz CT molecular complexity index is 754. The predicted molar refractivity (Wildman–Crippen MR) is 129 cm³/mol. The molecule has 0 aromatic heterocycles. The molecule has 0 saturated heterocycles. The van der Waals surface area contributed by atoms with Gasteiger partial charge in [-0.3, -0.25) is 4.99 Å². The predicted octanol–water partition coefficient (Wildman–Crippen LogP) is 3.67. The maximum absolute atomic E-state index is 5.54. The molecule has 0 amide bonds. The van der Waals surface area contributed by atoms with Crippen molar-refractivity contribution < 1.29 is 14.2 Å². The number of hydrogen-bond donors (Lipinski definition) is 2. The summed E-state index contributed by atoms with van der Waals surface area (Å²) in [6, 6.07) is 14.3. The van der Waals surface area contributed by atoms with Gasteiger partial charge in [-0.2, -0.15) is 0 Å². The van der Waals surface area contributed by atoms with E-state index in [4.69, 9.17) is 14.2 Å². The molecule has 2 aromatic rings. The number of halogens is 1. The average molecular weight is 513 g/mol. The second-order valence-electron chi connectivity index (χ2n) is 6.17. The first-order valence-corrected chi connectivity index (χ1v) is 9.57. The Morgan fingerprint density at radius 3 is 2.21 bits per heavy atom. The first kappa shape index (κ1) is 24.9. The molecule has 0 heterocycles. The summed E-state index contributed by atoms with van der Waals surface area (Å²) < 4.78 is 16.3. The first-order valence-electron chi connectivity index (χ1n) is 9.57. The molecule has 160 valence electrons. The molecule has 0 spiro atoms. The fourth-order valence-electron chi connectivity index (χ4n) is 2.96. The minimum atomic E-state index is 0. The van der Waals surface area contributed by atoms with Gasteiger partial charge in [-0.15, -0.1) is 24.0 Å². The van der Waals surface area contributed by atoms with Crippen molar-refractivity contribution in [2.75, 3.05) is 41.0 Å². The molecule has 0 unspecified atom stereocenters. The van der Waals surface area contributed by atoms with Gasteiger partial charge in [0, 0.05) is 25.2 Å². The van der Waals surface area contributed by atoms with Gasteiger partial charge in [0.05, 0.1) is 21.3 Å². The highest BCUT2D eigenvalue weighted by atomic mass is 127. The Morgan fingerprint density at radius 2 is 1.59 bits per heavy atom. The highest BCUT2D eigenvalue weighted by Crippen LogP contribution is 2.39. The zero-order chi connectivity index (χ0) is 20.2. The third-order valence-electron chi connectivity index (χ3n) is 4.33. The van der Waals surface area contributed by atoms with Gasteiger partial charge >= 0.3 is 0 Å². The van der Waals surface area contributed by atoms with Crippen molar-refractivity contribution in [3.63, 3.8) is 0 Å². The summed E-state index contributed by atoms with van der Waals surface area (Å²) in [6.45, 7) is 4.34. The van der Waals surface area contributed by atoms with Crippen LogP contribution in [-0.2, 0) is 12.8 Å². The lowest BCUT2D eigenvalue weighted by atomic mass is 10.1. The van der Waals surface area contributed by atoms with E-state index < -0.39 is 0 Å². The standard InChI is InChI=1S/C22H31N3O3.HI/c1-5-23-22(24-15-13-17-9-7-6-8-10-17)25-16-14-18-11-12-19(26-2)21(28-4)20(18)27-3;/h6-12H,5,13-16H2,1-4H3,(H2,23,24,25);1H. The molecule has 2 rings (SSSR count). The van der Waals surface area contributed by atoms with E-state index in [2.05, 4.69) is 46.8 Å². The Balaban J connectivity index is 0.00000420. The lowest BCUT2D eigenvalue weighted by molar-refractivity contribution is 0.322. The number of nitrogens with one attached hydrogen (secondary N) is 2. The van der Waals surface area contributed by atoms with Crippen LogP contribution in [0.2, 0.25) is 0 Å². The summed E-state index contributed by atoms with van der Waals surface area (Å²) in [5.74, 6) is 2.78. The molecular formula is C22H32IN3O3. The summed E-state index contributed by atoms with van der Waals surface area (Å²) in [6.07, 6.45) is 1.69. The molecule has 0 aliphatic heterocycles. The molecule has 29 heavy (non-hydrogen) atoms. The zero-order valence-electron chi connectivity index (χ0n) is 17.7. The van der Waals surface area contributed by atoms with Gasteiger partial charge in [-0.25, -0.2) is 0 Å². The number of methoxy groups -OCH3 is 3. The van der Waals surface area contributed by atoms with E-state index in [-0.39, 0.29) is 24.0 Å². The number of ether oxygens (including phenoxy) is 3. The van der Waals surface area contributed by atoms with Crippen LogP contribution in [0.4, 0.5) is 0 Å². The highest BCUT2D eigenvalue weighted by molar-refractivity contribution is 14.0. The van der Waals surface area contributed by atoms with Crippen molar-refractivity contribution in [2.45, 2.75) is 19.8 Å². The summed E-state index contributed by atoms with van der Waals surface area (Å²) >= 11 is 0. The summed E-state index contributed by atoms with van der Waals surface area (Å²) in [5, 5.41) is 6.68. The normalized spacial score (nSPS) is 10.7. The van der Waals surface area contributed by atoms with Crippen molar-refractivity contribution in [2.24, 2.45) is 4.99 Å². The topological polar surface area (TPSA) is 64.1 Å². The smallest absolute Gasteiger partial charge is 0.203 e. The molecule has 2 N–H and O–H groups in total. The Kier molecular flexibility index (Phi) is 11.9. The highest BCUT2D eigenvalue weighted by Gasteiger charge is 2.15. The van der Waals surface area contributed by atoms with Crippen LogP contribution in [0.15, 0.2) is 47.5 Å². The molecule has 0 aliphatic carbocycles. The van der Waals surface area contributed by atoms with Gasteiger partial charge < -0.3 is 24.8 Å². The lowest BCUT2D eigenvalue weighted by Crippen LogP contribution is -2.38. The molecule has 0 fully saturated rings. The second-order valence-corrected chi connectivity index (χ2v) is 6.17. The minimum Gasteiger partial charge on any atom is -0.493 e. The average Bonchev–Trinajstić information content (AvgIpc) is 2.73. The van der Waals surface area contributed by atoms with Crippen LogP contribution in [0.3, 0.4) is 0 Å². The number of guanidine groups is 1. The van der Waals surface area contributed by atoms with Gasteiger partial charge in [0.15, 0.2) is 17.5 Å². The number of aliphatic imine (C=N–C) groups is 1. The largest absolute Gasteiger partial charge is 0.493 e. The van der Waals surface area contributed by atoms with E-state index in [9.17, 15) is 0 Å². The van der Waals surface area contributed by atoms with Crippen LogP contribution in [0.1, 0.15) is 18.1 Å². The van der Waals surface area contributed by atoms with Gasteiger partial charge in [0.25, 0.3) is 0 Å². The van der Waals surface area contributed by atoms with E-state index in [1.807, 2.05) is 18.2 Å². The van der Waals surface area contributed by atoms with E-state index in [1.165, 1.54) is 5.56 Å². The fourth-order valence-corrected chi connectivity index (χ4v) is 2.96. The van der Waals surface area contributed by atoms with Gasteiger partial charge in [-0.1, -0.05) is 36.4 Å². The number of rotatable bonds is 10. The molecule has 0 atom stereocenters. The van der Waals surface area contributed by atoms with E-state index in [0.29, 0.717) is 23.8 Å². The molecule has 7 heteroatoms. The van der Waals surface area contributed by atoms with Crippen LogP contribution in [0.5, 0.6) is 17.2 Å². The van der Waals surface area contributed by atoms with Gasteiger partial charge in [-0.05, 0) is 31.4 Å². The van der Waals surface area contributed by atoms with Crippen molar-refractivity contribution in [3.05, 3.63) is 53.6 Å².